The molecule has 69 heavy (non-hydrogen) atoms. The smallest absolute Gasteiger partial charge is 0.180 e. The third-order valence-electron chi connectivity index (χ3n) is 14.3. The van der Waals surface area contributed by atoms with Crippen molar-refractivity contribution in [1.82, 2.24) is 4.57 Å². The summed E-state index contributed by atoms with van der Waals surface area (Å²) in [5.41, 5.74) is 16.5. The highest BCUT2D eigenvalue weighted by Crippen LogP contribution is 2.47. The van der Waals surface area contributed by atoms with Crippen LogP contribution < -0.4 is 25.6 Å². The number of fused-ring (bicyclic) bond motifs is 6. The van der Waals surface area contributed by atoms with Gasteiger partial charge in [0.15, 0.2) is 8.07 Å². The highest BCUT2D eigenvalue weighted by atomic mass is 28.3. The molecule has 0 saturated carbocycles. The Morgan fingerprint density at radius 2 is 0.754 bits per heavy atom. The van der Waals surface area contributed by atoms with Crippen LogP contribution in [-0.4, -0.2) is 12.6 Å². The first kappa shape index (κ1) is 40.5. The molecule has 0 fully saturated rings. The summed E-state index contributed by atoms with van der Waals surface area (Å²) in [7, 11) is -2.79. The largest absolute Gasteiger partial charge is 0.310 e. The first-order valence-corrected chi connectivity index (χ1v) is 25.8. The molecule has 0 saturated heterocycles. The van der Waals surface area contributed by atoms with E-state index in [0.717, 1.165) is 28.3 Å². The molecular weight excluding hydrogens is 849 g/mol. The van der Waals surface area contributed by atoms with Crippen LogP contribution in [0.15, 0.2) is 279 Å². The Balaban J connectivity index is 1.12. The summed E-state index contributed by atoms with van der Waals surface area (Å²) in [6.45, 7) is 0. The number of benzene rings is 11. The molecule has 1 aromatic heterocycles. The molecule has 3 heteroatoms. The van der Waals surface area contributed by atoms with E-state index in [2.05, 4.69) is 289 Å². The molecule has 1 aliphatic rings. The standard InChI is InChI=1S/C66H46N2Si/c1-6-20-47(21-7-1)49-34-39-53(40-35-49)67(54-41-36-50(37-42-54)48-22-8-2-9-23-48)63-46-64-61(57-30-16-18-32-62(57)68(64)52-24-10-3-11-25-52)45-60(63)51-38-43-59-58-31-17-19-33-65(58)69(66(59)44-51,55-26-12-4-13-27-55)56-28-14-5-15-29-56/h1-46H. The van der Waals surface area contributed by atoms with Crippen LogP contribution in [0.2, 0.25) is 0 Å². The number of hydrogen-bond donors (Lipinski definition) is 0. The number of rotatable bonds is 9. The molecular formula is C66H46N2Si. The maximum Gasteiger partial charge on any atom is 0.180 e. The molecule has 0 atom stereocenters. The molecule has 13 rings (SSSR count). The molecule has 0 spiro atoms. The van der Waals surface area contributed by atoms with Crippen LogP contribution in [-0.2, 0) is 0 Å². The van der Waals surface area contributed by atoms with E-state index >= 15 is 0 Å². The molecule has 12 aromatic rings. The van der Waals surface area contributed by atoms with Crippen molar-refractivity contribution < 1.29 is 0 Å². The first-order chi connectivity index (χ1) is 34.2. The van der Waals surface area contributed by atoms with Crippen LogP contribution in [0.1, 0.15) is 0 Å². The van der Waals surface area contributed by atoms with Gasteiger partial charge in [-0.1, -0.05) is 224 Å². The summed E-state index contributed by atoms with van der Waals surface area (Å²) in [5.74, 6) is 0. The van der Waals surface area contributed by atoms with Gasteiger partial charge in [0.1, 0.15) is 0 Å². The van der Waals surface area contributed by atoms with E-state index in [1.807, 2.05) is 0 Å². The zero-order valence-corrected chi connectivity index (χ0v) is 39.0. The van der Waals surface area contributed by atoms with Gasteiger partial charge in [0.2, 0.25) is 0 Å². The predicted octanol–water partition coefficient (Wildman–Crippen LogP) is 14.6. The molecule has 0 unspecified atom stereocenters. The molecule has 0 N–H and O–H groups in total. The molecule has 11 aromatic carbocycles. The average Bonchev–Trinajstić information content (AvgIpc) is 3.92. The van der Waals surface area contributed by atoms with Crippen LogP contribution in [0.4, 0.5) is 17.1 Å². The van der Waals surface area contributed by atoms with Gasteiger partial charge in [0.25, 0.3) is 0 Å². The van der Waals surface area contributed by atoms with Crippen molar-refractivity contribution in [2.24, 2.45) is 0 Å². The zero-order chi connectivity index (χ0) is 45.7. The minimum Gasteiger partial charge on any atom is -0.310 e. The summed E-state index contributed by atoms with van der Waals surface area (Å²) in [6.07, 6.45) is 0. The van der Waals surface area contributed by atoms with E-state index in [9.17, 15) is 0 Å². The monoisotopic (exact) mass is 894 g/mol. The maximum atomic E-state index is 2.57. The minimum atomic E-state index is -2.79. The number of para-hydroxylation sites is 2. The Hall–Kier alpha value is -8.76. The Bertz CT molecular complexity index is 3670. The van der Waals surface area contributed by atoms with Gasteiger partial charge in [-0.05, 0) is 114 Å². The van der Waals surface area contributed by atoms with E-state index in [-0.39, 0.29) is 0 Å². The number of nitrogens with zero attached hydrogens (tertiary/aromatic N) is 2. The Kier molecular flexibility index (Phi) is 9.88. The van der Waals surface area contributed by atoms with E-state index in [4.69, 9.17) is 0 Å². The van der Waals surface area contributed by atoms with Crippen molar-refractivity contribution in [2.75, 3.05) is 4.90 Å². The van der Waals surface area contributed by atoms with Gasteiger partial charge in [-0.15, -0.1) is 0 Å². The van der Waals surface area contributed by atoms with Crippen LogP contribution in [0.25, 0.3) is 72.0 Å². The normalized spacial score (nSPS) is 12.5. The van der Waals surface area contributed by atoms with Crippen LogP contribution in [0.3, 0.4) is 0 Å². The first-order valence-electron chi connectivity index (χ1n) is 23.8. The summed E-state index contributed by atoms with van der Waals surface area (Å²) in [4.78, 5) is 2.48. The summed E-state index contributed by atoms with van der Waals surface area (Å²) in [5, 5.41) is 8.07. The van der Waals surface area contributed by atoms with Crippen molar-refractivity contribution in [2.45, 2.75) is 0 Å². The fraction of sp³-hybridized carbons (Fsp3) is 0. The van der Waals surface area contributed by atoms with Crippen molar-refractivity contribution in [1.29, 1.82) is 0 Å². The quantitative estimate of drug-likeness (QED) is 0.131. The topological polar surface area (TPSA) is 8.17 Å². The van der Waals surface area contributed by atoms with Crippen LogP contribution >= 0.6 is 0 Å². The molecule has 0 radical (unpaired) electrons. The minimum absolute atomic E-state index is 1.08. The van der Waals surface area contributed by atoms with E-state index in [1.54, 1.807) is 0 Å². The third-order valence-corrected chi connectivity index (χ3v) is 19.1. The van der Waals surface area contributed by atoms with Crippen molar-refractivity contribution >= 4 is 67.7 Å². The molecule has 2 nitrogen and oxygen atoms in total. The van der Waals surface area contributed by atoms with Gasteiger partial charge in [-0.3, -0.25) is 0 Å². The van der Waals surface area contributed by atoms with E-state index < -0.39 is 8.07 Å². The third kappa shape index (κ3) is 6.70. The number of hydrogen-bond acceptors (Lipinski definition) is 1. The Labute approximate surface area is 404 Å². The second-order valence-electron chi connectivity index (χ2n) is 18.0. The highest BCUT2D eigenvalue weighted by molar-refractivity contribution is 7.22. The molecule has 0 aliphatic carbocycles. The van der Waals surface area contributed by atoms with Crippen molar-refractivity contribution in [3.05, 3.63) is 279 Å². The summed E-state index contributed by atoms with van der Waals surface area (Å²) < 4.78 is 2.44. The lowest BCUT2D eigenvalue weighted by molar-refractivity contribution is 1.18. The van der Waals surface area contributed by atoms with Gasteiger partial charge in [-0.2, -0.15) is 0 Å². The van der Waals surface area contributed by atoms with Crippen molar-refractivity contribution in [3.8, 4) is 50.2 Å². The Morgan fingerprint density at radius 1 is 0.290 bits per heavy atom. The molecule has 0 bridgehead atoms. The fourth-order valence-corrected chi connectivity index (χ4v) is 16.4. The SMILES string of the molecule is c1ccc(-c2ccc(N(c3ccc(-c4ccccc4)cc3)c3cc4c(cc3-c3ccc5c(c3)[Si](c3ccccc3)(c3ccccc3)c3ccccc3-5)c3ccccc3n4-c3ccccc3)cc2)cc1. The van der Waals surface area contributed by atoms with Gasteiger partial charge >= 0.3 is 0 Å². The lowest BCUT2D eigenvalue weighted by Gasteiger charge is -2.32. The summed E-state index contributed by atoms with van der Waals surface area (Å²) >= 11 is 0. The predicted molar refractivity (Wildman–Crippen MR) is 294 cm³/mol. The second-order valence-corrected chi connectivity index (χ2v) is 21.8. The van der Waals surface area contributed by atoms with Gasteiger partial charge in [0, 0.05) is 33.4 Å². The van der Waals surface area contributed by atoms with Crippen molar-refractivity contribution in [3.63, 3.8) is 0 Å². The average molecular weight is 895 g/mol. The molecule has 1 aliphatic heterocycles. The molecule has 2 heterocycles. The second kappa shape index (κ2) is 16.8. The van der Waals surface area contributed by atoms with Crippen LogP contribution in [0, 0.1) is 0 Å². The van der Waals surface area contributed by atoms with Gasteiger partial charge in [0.05, 0.1) is 16.7 Å². The Morgan fingerprint density at radius 3 is 1.35 bits per heavy atom. The molecule has 0 amide bonds. The summed E-state index contributed by atoms with van der Waals surface area (Å²) in [6, 6.07) is 103. The lowest BCUT2D eigenvalue weighted by Crippen LogP contribution is -2.72. The fourth-order valence-electron chi connectivity index (χ4n) is 11.2. The number of aromatic nitrogens is 1. The highest BCUT2D eigenvalue weighted by Gasteiger charge is 2.48. The van der Waals surface area contributed by atoms with E-state index in [1.165, 1.54) is 81.5 Å². The lowest BCUT2D eigenvalue weighted by atomic mass is 9.96. The maximum absolute atomic E-state index is 2.79. The van der Waals surface area contributed by atoms with Crippen LogP contribution in [0.5, 0.6) is 0 Å². The van der Waals surface area contributed by atoms with Gasteiger partial charge < -0.3 is 9.47 Å². The van der Waals surface area contributed by atoms with E-state index in [0.29, 0.717) is 0 Å². The van der Waals surface area contributed by atoms with Gasteiger partial charge in [-0.25, -0.2) is 0 Å². The number of anilines is 3. The molecule has 324 valence electrons. The zero-order valence-electron chi connectivity index (χ0n) is 38.0.